The molecule has 8 nitrogen and oxygen atoms in total. The number of aryl methyl sites for hydroxylation is 2. The second-order valence-corrected chi connectivity index (χ2v) is 11.8. The first-order valence-electron chi connectivity index (χ1n) is 13.6. The van der Waals surface area contributed by atoms with E-state index in [2.05, 4.69) is 10.6 Å². The molecule has 0 radical (unpaired) electrons. The molecule has 2 aromatic heterocycles. The molecule has 1 saturated heterocycles. The SMILES string of the molecule is Cc1cc(/C=C2\C(=O)NC(=O)N(c3cccc(Cl)c3)C2=O)c(C)n1-c1sc2c(c1C(=O)Nc1ccccc1)CCCC2. The Balaban J connectivity index is 1.42. The Kier molecular flexibility index (Phi) is 7.30. The number of barbiturate groups is 1. The molecule has 1 fully saturated rings. The molecular formula is C32H27ClN4O4S. The Hall–Kier alpha value is -4.47. The second kappa shape index (κ2) is 11.1. The number of nitrogens with zero attached hydrogens (tertiary/aromatic N) is 2. The lowest BCUT2D eigenvalue weighted by molar-refractivity contribution is -0.122. The lowest BCUT2D eigenvalue weighted by Gasteiger charge is -2.26. The average molecular weight is 599 g/mol. The van der Waals surface area contributed by atoms with Gasteiger partial charge in [-0.05, 0) is 93.1 Å². The van der Waals surface area contributed by atoms with Crippen molar-refractivity contribution < 1.29 is 19.2 Å². The maximum absolute atomic E-state index is 13.7. The van der Waals surface area contributed by atoms with Gasteiger partial charge < -0.3 is 9.88 Å². The van der Waals surface area contributed by atoms with E-state index in [1.165, 1.54) is 17.0 Å². The molecule has 5 amide bonds. The number of halogens is 1. The Labute approximate surface area is 251 Å². The van der Waals surface area contributed by atoms with Gasteiger partial charge >= 0.3 is 6.03 Å². The topological polar surface area (TPSA) is 101 Å². The van der Waals surface area contributed by atoms with Gasteiger partial charge in [-0.3, -0.25) is 19.7 Å². The first-order chi connectivity index (χ1) is 20.2. The number of aromatic nitrogens is 1. The summed E-state index contributed by atoms with van der Waals surface area (Å²) < 4.78 is 2.01. The number of rotatable bonds is 5. The average Bonchev–Trinajstić information content (AvgIpc) is 3.47. The molecule has 0 atom stereocenters. The molecule has 42 heavy (non-hydrogen) atoms. The van der Waals surface area contributed by atoms with E-state index in [9.17, 15) is 19.2 Å². The fourth-order valence-corrected chi connectivity index (χ4v) is 7.25. The van der Waals surface area contributed by atoms with Crippen LogP contribution in [0.4, 0.5) is 16.2 Å². The minimum Gasteiger partial charge on any atom is -0.322 e. The number of urea groups is 1. The van der Waals surface area contributed by atoms with E-state index in [0.29, 0.717) is 16.1 Å². The van der Waals surface area contributed by atoms with Gasteiger partial charge in [0.05, 0.1) is 11.3 Å². The third kappa shape index (κ3) is 4.95. The van der Waals surface area contributed by atoms with Crippen molar-refractivity contribution in [2.45, 2.75) is 39.5 Å². The Bertz CT molecular complexity index is 1800. The molecule has 212 valence electrons. The fraction of sp³-hybridized carbons (Fsp3) is 0.188. The molecule has 2 N–H and O–H groups in total. The van der Waals surface area contributed by atoms with E-state index in [1.54, 1.807) is 29.5 Å². The van der Waals surface area contributed by atoms with Gasteiger partial charge in [0.15, 0.2) is 0 Å². The Morgan fingerprint density at radius 1 is 1.00 bits per heavy atom. The summed E-state index contributed by atoms with van der Waals surface area (Å²) in [6.45, 7) is 3.82. The van der Waals surface area contributed by atoms with Gasteiger partial charge in [0.25, 0.3) is 17.7 Å². The number of benzene rings is 2. The molecule has 3 heterocycles. The summed E-state index contributed by atoms with van der Waals surface area (Å²) in [5.74, 6) is -1.69. The minimum atomic E-state index is -0.840. The van der Waals surface area contributed by atoms with Crippen LogP contribution in [-0.2, 0) is 22.4 Å². The van der Waals surface area contributed by atoms with Crippen LogP contribution in [0.3, 0.4) is 0 Å². The van der Waals surface area contributed by atoms with Gasteiger partial charge in [0.2, 0.25) is 0 Å². The highest BCUT2D eigenvalue weighted by Crippen LogP contribution is 2.39. The number of hydrogen-bond donors (Lipinski definition) is 2. The van der Waals surface area contributed by atoms with E-state index in [1.807, 2.05) is 54.8 Å². The number of para-hydroxylation sites is 1. The van der Waals surface area contributed by atoms with Crippen molar-refractivity contribution in [1.29, 1.82) is 0 Å². The molecule has 10 heteroatoms. The van der Waals surface area contributed by atoms with Gasteiger partial charge in [-0.25, -0.2) is 9.69 Å². The van der Waals surface area contributed by atoms with Gasteiger partial charge in [-0.2, -0.15) is 0 Å². The van der Waals surface area contributed by atoms with Crippen LogP contribution >= 0.6 is 22.9 Å². The smallest absolute Gasteiger partial charge is 0.322 e. The molecule has 1 aliphatic carbocycles. The molecule has 6 rings (SSSR count). The van der Waals surface area contributed by atoms with Crippen molar-refractivity contribution in [3.05, 3.63) is 104 Å². The van der Waals surface area contributed by atoms with E-state index in [4.69, 9.17) is 11.6 Å². The van der Waals surface area contributed by atoms with Crippen LogP contribution in [0.15, 0.2) is 66.2 Å². The number of thiophene rings is 1. The van der Waals surface area contributed by atoms with Crippen molar-refractivity contribution >= 4 is 64.1 Å². The second-order valence-electron chi connectivity index (χ2n) is 10.3. The summed E-state index contributed by atoms with van der Waals surface area (Å²) in [6.07, 6.45) is 5.35. The highest BCUT2D eigenvalue weighted by molar-refractivity contribution is 7.15. The van der Waals surface area contributed by atoms with E-state index < -0.39 is 17.8 Å². The molecule has 0 bridgehead atoms. The third-order valence-electron chi connectivity index (χ3n) is 7.55. The largest absolute Gasteiger partial charge is 0.335 e. The van der Waals surface area contributed by atoms with Crippen LogP contribution in [0.25, 0.3) is 11.1 Å². The van der Waals surface area contributed by atoms with E-state index in [0.717, 1.165) is 58.2 Å². The number of carbonyl (C=O) groups excluding carboxylic acids is 4. The number of hydrogen-bond acceptors (Lipinski definition) is 5. The normalized spacial score (nSPS) is 16.0. The van der Waals surface area contributed by atoms with Crippen LogP contribution in [-0.4, -0.2) is 28.3 Å². The van der Waals surface area contributed by atoms with Gasteiger partial charge in [-0.15, -0.1) is 11.3 Å². The molecule has 2 aromatic carbocycles. The number of imide groups is 2. The molecule has 2 aliphatic rings. The van der Waals surface area contributed by atoms with Crippen LogP contribution < -0.4 is 15.5 Å². The molecule has 0 spiro atoms. The lowest BCUT2D eigenvalue weighted by Crippen LogP contribution is -2.54. The highest BCUT2D eigenvalue weighted by atomic mass is 35.5. The summed E-state index contributed by atoms with van der Waals surface area (Å²) in [5, 5.41) is 6.48. The first kappa shape index (κ1) is 27.7. The van der Waals surface area contributed by atoms with Crippen LogP contribution in [0.5, 0.6) is 0 Å². The highest BCUT2D eigenvalue weighted by Gasteiger charge is 2.37. The third-order valence-corrected chi connectivity index (χ3v) is 9.06. The first-order valence-corrected chi connectivity index (χ1v) is 14.8. The van der Waals surface area contributed by atoms with Crippen LogP contribution in [0, 0.1) is 13.8 Å². The zero-order valence-electron chi connectivity index (χ0n) is 23.0. The number of anilines is 2. The van der Waals surface area contributed by atoms with Gasteiger partial charge in [-0.1, -0.05) is 35.9 Å². The number of carbonyl (C=O) groups is 4. The molecule has 4 aromatic rings. The summed E-state index contributed by atoms with van der Waals surface area (Å²) in [7, 11) is 0. The van der Waals surface area contributed by atoms with Crippen molar-refractivity contribution in [3.63, 3.8) is 0 Å². The molecule has 1 aliphatic heterocycles. The minimum absolute atomic E-state index is 0.166. The standard InChI is InChI=1S/C32H27ClN4O4S/c1-18-15-20(16-25-28(38)35-32(41)37(30(25)40)23-12-8-9-21(33)17-23)19(2)36(18)31-27(24-13-6-7-14-26(24)42-31)29(39)34-22-10-4-3-5-11-22/h3-5,8-12,15-17H,6-7,13-14H2,1-2H3,(H,34,39)(H,35,38,41)/b25-16+. The number of nitrogens with one attached hydrogen (secondary N) is 2. The monoisotopic (exact) mass is 598 g/mol. The lowest BCUT2D eigenvalue weighted by atomic mass is 9.95. The molecule has 0 unspecified atom stereocenters. The quantitative estimate of drug-likeness (QED) is 0.199. The van der Waals surface area contributed by atoms with Gasteiger partial charge in [0, 0.05) is 27.0 Å². The maximum atomic E-state index is 13.7. The summed E-state index contributed by atoms with van der Waals surface area (Å²) in [4.78, 5) is 54.8. The van der Waals surface area contributed by atoms with E-state index in [-0.39, 0.29) is 17.2 Å². The molecule has 0 saturated carbocycles. The zero-order valence-corrected chi connectivity index (χ0v) is 24.6. The van der Waals surface area contributed by atoms with Crippen LogP contribution in [0.2, 0.25) is 5.02 Å². The van der Waals surface area contributed by atoms with Crippen LogP contribution in [0.1, 0.15) is 50.6 Å². The predicted molar refractivity (Wildman–Crippen MR) is 165 cm³/mol. The molecular weight excluding hydrogens is 572 g/mol. The fourth-order valence-electron chi connectivity index (χ4n) is 5.57. The predicted octanol–water partition coefficient (Wildman–Crippen LogP) is 6.61. The Morgan fingerprint density at radius 2 is 1.76 bits per heavy atom. The van der Waals surface area contributed by atoms with Gasteiger partial charge in [0.1, 0.15) is 10.6 Å². The summed E-state index contributed by atoms with van der Waals surface area (Å²) in [5.41, 5.74) is 4.78. The van der Waals surface area contributed by atoms with Crippen molar-refractivity contribution in [2.24, 2.45) is 0 Å². The summed E-state index contributed by atoms with van der Waals surface area (Å²) in [6, 6.07) is 16.7. The number of fused-ring (bicyclic) bond motifs is 1. The summed E-state index contributed by atoms with van der Waals surface area (Å²) >= 11 is 7.70. The zero-order chi connectivity index (χ0) is 29.5. The van der Waals surface area contributed by atoms with Crippen molar-refractivity contribution in [3.8, 4) is 5.00 Å². The van der Waals surface area contributed by atoms with Crippen molar-refractivity contribution in [2.75, 3.05) is 10.2 Å². The Morgan fingerprint density at radius 3 is 2.52 bits per heavy atom. The maximum Gasteiger partial charge on any atom is 0.335 e. The van der Waals surface area contributed by atoms with E-state index >= 15 is 0 Å². The number of amides is 5. The van der Waals surface area contributed by atoms with Crippen molar-refractivity contribution in [1.82, 2.24) is 9.88 Å².